The van der Waals surface area contributed by atoms with Crippen molar-refractivity contribution in [3.8, 4) is 0 Å². The molecule has 1 aliphatic carbocycles. The topological polar surface area (TPSA) is 0 Å². The predicted molar refractivity (Wildman–Crippen MR) is 61.9 cm³/mol. The highest BCUT2D eigenvalue weighted by Gasteiger charge is 2.27. The van der Waals surface area contributed by atoms with E-state index in [2.05, 4.69) is 34.6 Å². The summed E-state index contributed by atoms with van der Waals surface area (Å²) in [5.74, 6) is 3.03. The summed E-state index contributed by atoms with van der Waals surface area (Å²) in [7, 11) is 0. The van der Waals surface area contributed by atoms with Crippen molar-refractivity contribution in [2.45, 2.75) is 66.7 Å². The van der Waals surface area contributed by atoms with E-state index in [4.69, 9.17) is 0 Å². The van der Waals surface area contributed by atoms with E-state index in [0.29, 0.717) is 0 Å². The quantitative estimate of drug-likeness (QED) is 0.573. The molecule has 0 spiro atoms. The fraction of sp³-hybridized carbons (Fsp3) is 1.00. The molecule has 13 heavy (non-hydrogen) atoms. The molecule has 0 heterocycles. The van der Waals surface area contributed by atoms with Gasteiger partial charge in [-0.15, -0.1) is 0 Å². The Balaban J connectivity index is 0.000000310. The lowest BCUT2D eigenvalue weighted by Gasteiger charge is -2.15. The summed E-state index contributed by atoms with van der Waals surface area (Å²) in [6, 6.07) is 0. The van der Waals surface area contributed by atoms with Gasteiger partial charge in [0.05, 0.1) is 0 Å². The molecule has 0 amide bonds. The number of hydrogen-bond acceptors (Lipinski definition) is 0. The van der Waals surface area contributed by atoms with Crippen LogP contribution in [0.5, 0.6) is 0 Å². The fourth-order valence-corrected chi connectivity index (χ4v) is 2.04. The summed E-state index contributed by atoms with van der Waals surface area (Å²) in [4.78, 5) is 0. The minimum Gasteiger partial charge on any atom is -0.0654 e. The van der Waals surface area contributed by atoms with Gasteiger partial charge in [-0.1, -0.05) is 60.3 Å². The summed E-state index contributed by atoms with van der Waals surface area (Å²) in [6.45, 7) is 11.5. The molecule has 0 heteroatoms. The molecule has 1 aliphatic rings. The van der Waals surface area contributed by atoms with Gasteiger partial charge >= 0.3 is 0 Å². The zero-order valence-corrected chi connectivity index (χ0v) is 10.3. The van der Waals surface area contributed by atoms with Crippen molar-refractivity contribution in [3.63, 3.8) is 0 Å². The van der Waals surface area contributed by atoms with E-state index < -0.39 is 0 Å². The summed E-state index contributed by atoms with van der Waals surface area (Å²) >= 11 is 0. The van der Waals surface area contributed by atoms with Gasteiger partial charge in [-0.05, 0) is 24.2 Å². The SMILES string of the molecule is CCC1CCC(C)C1C.CCCC. The van der Waals surface area contributed by atoms with Crippen LogP contribution in [-0.4, -0.2) is 0 Å². The average Bonchev–Trinajstić information content (AvgIpc) is 2.48. The first kappa shape index (κ1) is 13.0. The first-order valence-electron chi connectivity index (χ1n) is 6.17. The fourth-order valence-electron chi connectivity index (χ4n) is 2.04. The van der Waals surface area contributed by atoms with Gasteiger partial charge in [0.25, 0.3) is 0 Å². The van der Waals surface area contributed by atoms with E-state index >= 15 is 0 Å². The Kier molecular flexibility index (Phi) is 7.41. The Morgan fingerprint density at radius 3 is 1.62 bits per heavy atom. The number of hydrogen-bond donors (Lipinski definition) is 0. The molecule has 3 unspecified atom stereocenters. The Labute approximate surface area is 85.1 Å². The van der Waals surface area contributed by atoms with Crippen molar-refractivity contribution >= 4 is 0 Å². The van der Waals surface area contributed by atoms with Crippen LogP contribution in [0.3, 0.4) is 0 Å². The molecule has 1 rings (SSSR count). The van der Waals surface area contributed by atoms with E-state index in [-0.39, 0.29) is 0 Å². The van der Waals surface area contributed by atoms with Crippen LogP contribution in [0.4, 0.5) is 0 Å². The average molecular weight is 184 g/mol. The molecule has 0 nitrogen and oxygen atoms in total. The molecule has 0 radical (unpaired) electrons. The molecular weight excluding hydrogens is 156 g/mol. The Morgan fingerprint density at radius 2 is 1.46 bits per heavy atom. The second kappa shape index (κ2) is 7.41. The monoisotopic (exact) mass is 184 g/mol. The summed E-state index contributed by atoms with van der Waals surface area (Å²) < 4.78 is 0. The Hall–Kier alpha value is 0. The van der Waals surface area contributed by atoms with Gasteiger partial charge in [0.2, 0.25) is 0 Å². The molecule has 0 N–H and O–H groups in total. The third kappa shape index (κ3) is 4.69. The summed E-state index contributed by atoms with van der Waals surface area (Å²) in [5, 5.41) is 0. The van der Waals surface area contributed by atoms with Crippen LogP contribution < -0.4 is 0 Å². The summed E-state index contributed by atoms with van der Waals surface area (Å²) in [5.41, 5.74) is 0. The Bertz CT molecular complexity index is 105. The first-order valence-corrected chi connectivity index (χ1v) is 6.17. The highest BCUT2D eigenvalue weighted by molar-refractivity contribution is 4.78. The van der Waals surface area contributed by atoms with Gasteiger partial charge in [0, 0.05) is 0 Å². The number of rotatable bonds is 2. The highest BCUT2D eigenvalue weighted by atomic mass is 14.3. The number of unbranched alkanes of at least 4 members (excludes halogenated alkanes) is 1. The van der Waals surface area contributed by atoms with E-state index in [9.17, 15) is 0 Å². The van der Waals surface area contributed by atoms with E-state index in [0.717, 1.165) is 17.8 Å². The van der Waals surface area contributed by atoms with Crippen LogP contribution in [0.2, 0.25) is 0 Å². The van der Waals surface area contributed by atoms with Crippen molar-refractivity contribution < 1.29 is 0 Å². The van der Waals surface area contributed by atoms with Crippen LogP contribution in [0.25, 0.3) is 0 Å². The normalized spacial score (nSPS) is 32.5. The first-order chi connectivity index (χ1) is 6.17. The van der Waals surface area contributed by atoms with E-state index in [1.165, 1.54) is 32.1 Å². The second-order valence-corrected chi connectivity index (χ2v) is 4.58. The predicted octanol–water partition coefficient (Wildman–Crippen LogP) is 4.89. The van der Waals surface area contributed by atoms with Gasteiger partial charge in [-0.25, -0.2) is 0 Å². The lowest BCUT2D eigenvalue weighted by molar-refractivity contribution is 0.349. The maximum Gasteiger partial charge on any atom is -0.0388 e. The minimum atomic E-state index is 0.995. The van der Waals surface area contributed by atoms with Crippen LogP contribution in [0, 0.1) is 17.8 Å². The smallest absolute Gasteiger partial charge is 0.0388 e. The van der Waals surface area contributed by atoms with Gasteiger partial charge in [0.1, 0.15) is 0 Å². The van der Waals surface area contributed by atoms with Gasteiger partial charge in [-0.3, -0.25) is 0 Å². The van der Waals surface area contributed by atoms with Crippen molar-refractivity contribution in [1.82, 2.24) is 0 Å². The molecular formula is C13H28. The van der Waals surface area contributed by atoms with Crippen LogP contribution in [0.1, 0.15) is 66.7 Å². The molecule has 0 bridgehead atoms. The second-order valence-electron chi connectivity index (χ2n) is 4.58. The molecule has 1 saturated carbocycles. The zero-order valence-electron chi connectivity index (χ0n) is 10.3. The molecule has 0 aromatic rings. The van der Waals surface area contributed by atoms with Crippen molar-refractivity contribution in [1.29, 1.82) is 0 Å². The molecule has 0 aromatic carbocycles. The molecule has 0 aliphatic heterocycles. The van der Waals surface area contributed by atoms with E-state index in [1.54, 1.807) is 0 Å². The van der Waals surface area contributed by atoms with E-state index in [1.807, 2.05) is 0 Å². The van der Waals surface area contributed by atoms with Crippen LogP contribution >= 0.6 is 0 Å². The maximum atomic E-state index is 2.41. The zero-order chi connectivity index (χ0) is 10.3. The molecule has 3 atom stereocenters. The van der Waals surface area contributed by atoms with Gasteiger partial charge in [-0.2, -0.15) is 0 Å². The lowest BCUT2D eigenvalue weighted by Crippen LogP contribution is -2.07. The third-order valence-corrected chi connectivity index (χ3v) is 3.66. The molecule has 0 saturated heterocycles. The highest BCUT2D eigenvalue weighted by Crippen LogP contribution is 2.37. The van der Waals surface area contributed by atoms with Crippen LogP contribution in [0.15, 0.2) is 0 Å². The molecule has 1 fully saturated rings. The maximum absolute atomic E-state index is 2.41. The largest absolute Gasteiger partial charge is 0.0654 e. The molecule has 0 aromatic heterocycles. The van der Waals surface area contributed by atoms with Crippen molar-refractivity contribution in [3.05, 3.63) is 0 Å². The Morgan fingerprint density at radius 1 is 0.923 bits per heavy atom. The van der Waals surface area contributed by atoms with Crippen molar-refractivity contribution in [2.75, 3.05) is 0 Å². The summed E-state index contributed by atoms with van der Waals surface area (Å²) in [6.07, 6.45) is 6.99. The standard InChI is InChI=1S/C9H18.C4H10/c1-4-9-6-5-7(2)8(9)3;1-3-4-2/h7-9H,4-6H2,1-3H3;3-4H2,1-2H3. The molecule has 80 valence electrons. The minimum absolute atomic E-state index is 0.995. The van der Waals surface area contributed by atoms with Gasteiger partial charge < -0.3 is 0 Å². The third-order valence-electron chi connectivity index (χ3n) is 3.66. The van der Waals surface area contributed by atoms with Crippen LogP contribution in [-0.2, 0) is 0 Å². The van der Waals surface area contributed by atoms with Gasteiger partial charge in [0.15, 0.2) is 0 Å². The lowest BCUT2D eigenvalue weighted by atomic mass is 9.91. The van der Waals surface area contributed by atoms with Crippen molar-refractivity contribution in [2.24, 2.45) is 17.8 Å².